The predicted molar refractivity (Wildman–Crippen MR) is 56.3 cm³/mol. The Bertz CT molecular complexity index is 266. The number of thiol groups is 1. The van der Waals surface area contributed by atoms with Gasteiger partial charge in [0.05, 0.1) is 0 Å². The van der Waals surface area contributed by atoms with Gasteiger partial charge in [-0.1, -0.05) is 17.8 Å². The minimum absolute atomic E-state index is 0.154. The summed E-state index contributed by atoms with van der Waals surface area (Å²) < 4.78 is 1.77. The molecule has 1 heterocycles. The van der Waals surface area contributed by atoms with E-state index in [-0.39, 0.29) is 4.87 Å². The molecule has 0 aliphatic carbocycles. The molecule has 1 rings (SSSR count). The molecular weight excluding hydrogens is 190 g/mol. The first-order valence-electron chi connectivity index (χ1n) is 4.09. The fraction of sp³-hybridized carbons (Fsp3) is 0.625. The second-order valence-electron chi connectivity index (χ2n) is 2.65. The second kappa shape index (κ2) is 5.43. The van der Waals surface area contributed by atoms with Gasteiger partial charge in [-0.25, -0.2) is 0 Å². The summed E-state index contributed by atoms with van der Waals surface area (Å²) in [6.45, 7) is 0.857. The standard InChI is InChI=1S/C8H13NOS2/c10-8-9(5-7-12-8)4-2-1-3-6-11/h5,7,11H,1-4,6H2. The quantitative estimate of drug-likeness (QED) is 0.574. The van der Waals surface area contributed by atoms with E-state index in [1.165, 1.54) is 11.3 Å². The minimum atomic E-state index is 0.154. The molecule has 1 aromatic heterocycles. The lowest BCUT2D eigenvalue weighted by Gasteiger charge is -1.99. The first-order valence-corrected chi connectivity index (χ1v) is 5.60. The zero-order valence-electron chi connectivity index (χ0n) is 6.90. The van der Waals surface area contributed by atoms with Gasteiger partial charge < -0.3 is 4.57 Å². The van der Waals surface area contributed by atoms with Crippen LogP contribution in [0.1, 0.15) is 19.3 Å². The fourth-order valence-corrected chi connectivity index (χ4v) is 1.86. The summed E-state index contributed by atoms with van der Waals surface area (Å²) in [7, 11) is 0. The van der Waals surface area contributed by atoms with E-state index >= 15 is 0 Å². The molecule has 0 amide bonds. The van der Waals surface area contributed by atoms with E-state index in [4.69, 9.17) is 0 Å². The van der Waals surface area contributed by atoms with Crippen molar-refractivity contribution in [3.63, 3.8) is 0 Å². The number of hydrogen-bond donors (Lipinski definition) is 1. The van der Waals surface area contributed by atoms with Gasteiger partial charge in [-0.05, 0) is 18.6 Å². The summed E-state index contributed by atoms with van der Waals surface area (Å²) in [6, 6.07) is 0. The van der Waals surface area contributed by atoms with Crippen LogP contribution in [0, 0.1) is 0 Å². The summed E-state index contributed by atoms with van der Waals surface area (Å²) >= 11 is 5.38. The highest BCUT2D eigenvalue weighted by atomic mass is 32.1. The van der Waals surface area contributed by atoms with Crippen LogP contribution in [-0.4, -0.2) is 10.3 Å². The number of aromatic nitrogens is 1. The van der Waals surface area contributed by atoms with Crippen molar-refractivity contribution in [2.45, 2.75) is 25.8 Å². The normalized spacial score (nSPS) is 10.4. The number of nitrogens with zero attached hydrogens (tertiary/aromatic N) is 1. The highest BCUT2D eigenvalue weighted by Gasteiger charge is 1.94. The average molecular weight is 203 g/mol. The first-order chi connectivity index (χ1) is 5.84. The lowest BCUT2D eigenvalue weighted by atomic mass is 10.2. The fourth-order valence-electron chi connectivity index (χ4n) is 1.03. The molecule has 0 fully saturated rings. The lowest BCUT2D eigenvalue weighted by Crippen LogP contribution is -2.11. The van der Waals surface area contributed by atoms with E-state index in [0.717, 1.165) is 31.6 Å². The van der Waals surface area contributed by atoms with Crippen molar-refractivity contribution in [1.82, 2.24) is 4.57 Å². The maximum Gasteiger partial charge on any atom is 0.307 e. The average Bonchev–Trinajstić information content (AvgIpc) is 2.46. The third-order valence-corrected chi connectivity index (χ3v) is 2.71. The Morgan fingerprint density at radius 2 is 2.25 bits per heavy atom. The van der Waals surface area contributed by atoms with E-state index in [2.05, 4.69) is 12.6 Å². The van der Waals surface area contributed by atoms with Gasteiger partial charge in [0.1, 0.15) is 0 Å². The van der Waals surface area contributed by atoms with Crippen molar-refractivity contribution >= 4 is 24.0 Å². The van der Waals surface area contributed by atoms with Crippen LogP contribution in [0.5, 0.6) is 0 Å². The van der Waals surface area contributed by atoms with Crippen molar-refractivity contribution < 1.29 is 0 Å². The Balaban J connectivity index is 2.24. The van der Waals surface area contributed by atoms with Crippen molar-refractivity contribution in [3.05, 3.63) is 21.2 Å². The maximum atomic E-state index is 11.0. The summed E-state index contributed by atoms with van der Waals surface area (Å²) in [5.41, 5.74) is 0. The van der Waals surface area contributed by atoms with Gasteiger partial charge >= 0.3 is 4.87 Å². The zero-order valence-corrected chi connectivity index (χ0v) is 8.61. The molecular formula is C8H13NOS2. The Morgan fingerprint density at radius 3 is 2.83 bits per heavy atom. The van der Waals surface area contributed by atoms with Crippen LogP contribution in [0.3, 0.4) is 0 Å². The summed E-state index contributed by atoms with van der Waals surface area (Å²) in [4.78, 5) is 11.2. The predicted octanol–water partition coefficient (Wildman–Crippen LogP) is 2.01. The number of hydrogen-bond acceptors (Lipinski definition) is 3. The maximum absolute atomic E-state index is 11.0. The SMILES string of the molecule is O=c1sccn1CCCCCS. The molecule has 0 saturated carbocycles. The van der Waals surface area contributed by atoms with Crippen LogP contribution < -0.4 is 4.87 Å². The van der Waals surface area contributed by atoms with Gasteiger partial charge in [0.25, 0.3) is 0 Å². The number of aryl methyl sites for hydroxylation is 1. The molecule has 0 radical (unpaired) electrons. The van der Waals surface area contributed by atoms with Crippen LogP contribution >= 0.6 is 24.0 Å². The van der Waals surface area contributed by atoms with Crippen LogP contribution in [0.4, 0.5) is 0 Å². The third kappa shape index (κ3) is 3.03. The molecule has 0 saturated heterocycles. The van der Waals surface area contributed by atoms with Crippen LogP contribution in [0.2, 0.25) is 0 Å². The Morgan fingerprint density at radius 1 is 1.42 bits per heavy atom. The van der Waals surface area contributed by atoms with E-state index < -0.39 is 0 Å². The smallest absolute Gasteiger partial charge is 0.306 e. The van der Waals surface area contributed by atoms with Gasteiger partial charge in [-0.2, -0.15) is 12.6 Å². The third-order valence-electron chi connectivity index (χ3n) is 1.70. The van der Waals surface area contributed by atoms with Gasteiger partial charge in [0.2, 0.25) is 0 Å². The van der Waals surface area contributed by atoms with Gasteiger partial charge in [-0.15, -0.1) is 0 Å². The molecule has 0 bridgehead atoms. The first kappa shape index (κ1) is 9.86. The molecule has 0 spiro atoms. The zero-order chi connectivity index (χ0) is 8.81. The Labute approximate surface area is 81.6 Å². The molecule has 0 aromatic carbocycles. The van der Waals surface area contributed by atoms with Crippen molar-refractivity contribution in [2.24, 2.45) is 0 Å². The van der Waals surface area contributed by atoms with Crippen molar-refractivity contribution in [1.29, 1.82) is 0 Å². The molecule has 1 aromatic rings. The monoisotopic (exact) mass is 203 g/mol. The largest absolute Gasteiger partial charge is 0.307 e. The van der Waals surface area contributed by atoms with Gasteiger partial charge in [0.15, 0.2) is 0 Å². The summed E-state index contributed by atoms with van der Waals surface area (Å²) in [6.07, 6.45) is 5.23. The molecule has 4 heteroatoms. The van der Waals surface area contributed by atoms with Gasteiger partial charge in [0, 0.05) is 18.1 Å². The van der Waals surface area contributed by atoms with E-state index in [0.29, 0.717) is 0 Å². The molecule has 0 atom stereocenters. The molecule has 68 valence electrons. The van der Waals surface area contributed by atoms with Gasteiger partial charge in [-0.3, -0.25) is 4.79 Å². The van der Waals surface area contributed by atoms with E-state index in [1.54, 1.807) is 4.57 Å². The van der Waals surface area contributed by atoms with Crippen molar-refractivity contribution in [3.8, 4) is 0 Å². The van der Waals surface area contributed by atoms with Crippen LogP contribution in [0.25, 0.3) is 0 Å². The number of rotatable bonds is 5. The van der Waals surface area contributed by atoms with E-state index in [1.807, 2.05) is 11.6 Å². The summed E-state index contributed by atoms with van der Waals surface area (Å²) in [5.74, 6) is 0.943. The van der Waals surface area contributed by atoms with E-state index in [9.17, 15) is 4.79 Å². The minimum Gasteiger partial charge on any atom is -0.306 e. The number of thiazole rings is 1. The highest BCUT2D eigenvalue weighted by Crippen LogP contribution is 1.99. The summed E-state index contributed by atoms with van der Waals surface area (Å²) in [5, 5.41) is 1.83. The Kier molecular flexibility index (Phi) is 4.46. The molecule has 2 nitrogen and oxygen atoms in total. The number of unbranched alkanes of at least 4 members (excludes halogenated alkanes) is 2. The molecule has 0 aliphatic heterocycles. The lowest BCUT2D eigenvalue weighted by molar-refractivity contribution is 0.598. The highest BCUT2D eigenvalue weighted by molar-refractivity contribution is 7.80. The van der Waals surface area contributed by atoms with Crippen molar-refractivity contribution in [2.75, 3.05) is 5.75 Å². The second-order valence-corrected chi connectivity index (χ2v) is 3.95. The molecule has 0 aliphatic rings. The van der Waals surface area contributed by atoms with Crippen LogP contribution in [-0.2, 0) is 6.54 Å². The topological polar surface area (TPSA) is 22.0 Å². The molecule has 0 N–H and O–H groups in total. The molecule has 0 unspecified atom stereocenters. The van der Waals surface area contributed by atoms with Crippen LogP contribution in [0.15, 0.2) is 16.4 Å². The molecule has 12 heavy (non-hydrogen) atoms. The Hall–Kier alpha value is -0.220.